The van der Waals surface area contributed by atoms with Crippen molar-refractivity contribution in [3.05, 3.63) is 52.5 Å². The predicted octanol–water partition coefficient (Wildman–Crippen LogP) is 3.00. The standard InChI is InChI=1S/C15H10BrNO4/c16-10-3-1-2-9(6-10)15(19)21-11-4-5-13-12(7-11)17-14(18)8-20-13/h1-7H,8H2,(H,17,18). The number of rotatable bonds is 2. The molecule has 0 atom stereocenters. The van der Waals surface area contributed by atoms with Crippen molar-refractivity contribution < 1.29 is 19.1 Å². The fraction of sp³-hybridized carbons (Fsp3) is 0.0667. The number of hydrogen-bond donors (Lipinski definition) is 1. The van der Waals surface area contributed by atoms with Crippen molar-refractivity contribution in [1.82, 2.24) is 0 Å². The Balaban J connectivity index is 1.80. The molecule has 0 saturated heterocycles. The maximum atomic E-state index is 12.0. The number of carbonyl (C=O) groups excluding carboxylic acids is 2. The van der Waals surface area contributed by atoms with Gasteiger partial charge in [-0.15, -0.1) is 0 Å². The highest BCUT2D eigenvalue weighted by molar-refractivity contribution is 9.10. The summed E-state index contributed by atoms with van der Waals surface area (Å²) in [6.45, 7) is -0.00975. The van der Waals surface area contributed by atoms with Crippen LogP contribution in [-0.4, -0.2) is 18.5 Å². The molecule has 1 aliphatic rings. The molecular weight excluding hydrogens is 338 g/mol. The molecular formula is C15H10BrNO4. The summed E-state index contributed by atoms with van der Waals surface area (Å²) in [5, 5.41) is 2.66. The molecule has 2 aromatic rings. The van der Waals surface area contributed by atoms with Gasteiger partial charge in [-0.1, -0.05) is 22.0 Å². The number of ether oxygens (including phenoxy) is 2. The Morgan fingerprint density at radius 2 is 2.10 bits per heavy atom. The fourth-order valence-corrected chi connectivity index (χ4v) is 2.31. The van der Waals surface area contributed by atoms with Crippen molar-refractivity contribution in [3.8, 4) is 11.5 Å². The van der Waals surface area contributed by atoms with Gasteiger partial charge in [0.15, 0.2) is 6.61 Å². The second-order valence-corrected chi connectivity index (χ2v) is 5.31. The average Bonchev–Trinajstić information content (AvgIpc) is 2.46. The molecule has 6 heteroatoms. The lowest BCUT2D eigenvalue weighted by Gasteiger charge is -2.18. The summed E-state index contributed by atoms with van der Waals surface area (Å²) in [7, 11) is 0. The molecule has 0 aromatic heterocycles. The number of esters is 1. The number of nitrogens with one attached hydrogen (secondary N) is 1. The Morgan fingerprint density at radius 1 is 1.24 bits per heavy atom. The summed E-state index contributed by atoms with van der Waals surface area (Å²) in [5.41, 5.74) is 0.924. The van der Waals surface area contributed by atoms with Crippen LogP contribution in [0.4, 0.5) is 5.69 Å². The molecule has 0 unspecified atom stereocenters. The molecule has 1 amide bonds. The van der Waals surface area contributed by atoms with Crippen molar-refractivity contribution in [1.29, 1.82) is 0 Å². The number of fused-ring (bicyclic) bond motifs is 1. The first kappa shape index (κ1) is 13.6. The van der Waals surface area contributed by atoms with Crippen LogP contribution in [0.5, 0.6) is 11.5 Å². The average molecular weight is 348 g/mol. The Bertz CT molecular complexity index is 729. The van der Waals surface area contributed by atoms with E-state index in [2.05, 4.69) is 21.2 Å². The zero-order chi connectivity index (χ0) is 14.8. The molecule has 21 heavy (non-hydrogen) atoms. The lowest BCUT2D eigenvalue weighted by atomic mass is 10.2. The third-order valence-corrected chi connectivity index (χ3v) is 3.35. The number of halogens is 1. The number of carbonyl (C=O) groups is 2. The summed E-state index contributed by atoms with van der Waals surface area (Å²) < 4.78 is 11.3. The summed E-state index contributed by atoms with van der Waals surface area (Å²) in [4.78, 5) is 23.3. The van der Waals surface area contributed by atoms with E-state index in [1.165, 1.54) is 0 Å². The monoisotopic (exact) mass is 347 g/mol. The van der Waals surface area contributed by atoms with E-state index in [1.54, 1.807) is 36.4 Å². The lowest BCUT2D eigenvalue weighted by Crippen LogP contribution is -2.25. The number of hydrogen-bond acceptors (Lipinski definition) is 4. The van der Waals surface area contributed by atoms with E-state index in [9.17, 15) is 9.59 Å². The van der Waals surface area contributed by atoms with E-state index < -0.39 is 5.97 Å². The van der Waals surface area contributed by atoms with Gasteiger partial charge in [0.1, 0.15) is 11.5 Å². The van der Waals surface area contributed by atoms with Gasteiger partial charge in [-0.05, 0) is 30.3 Å². The topological polar surface area (TPSA) is 64.6 Å². The second-order valence-electron chi connectivity index (χ2n) is 4.39. The Morgan fingerprint density at radius 3 is 2.90 bits per heavy atom. The zero-order valence-electron chi connectivity index (χ0n) is 10.8. The Labute approximate surface area is 129 Å². The molecule has 1 heterocycles. The van der Waals surface area contributed by atoms with Crippen LogP contribution in [-0.2, 0) is 4.79 Å². The van der Waals surface area contributed by atoms with Crippen LogP contribution < -0.4 is 14.8 Å². The van der Waals surface area contributed by atoms with Crippen molar-refractivity contribution >= 4 is 33.5 Å². The molecule has 0 bridgehead atoms. The number of benzene rings is 2. The third-order valence-electron chi connectivity index (χ3n) is 2.85. The summed E-state index contributed by atoms with van der Waals surface area (Å²) in [6.07, 6.45) is 0. The van der Waals surface area contributed by atoms with E-state index >= 15 is 0 Å². The lowest BCUT2D eigenvalue weighted by molar-refractivity contribution is -0.118. The van der Waals surface area contributed by atoms with E-state index in [-0.39, 0.29) is 12.5 Å². The number of amides is 1. The molecule has 0 aliphatic carbocycles. The van der Waals surface area contributed by atoms with Crippen LogP contribution in [0.2, 0.25) is 0 Å². The highest BCUT2D eigenvalue weighted by Crippen LogP contribution is 2.31. The van der Waals surface area contributed by atoms with Crippen LogP contribution >= 0.6 is 15.9 Å². The molecule has 1 aliphatic heterocycles. The highest BCUT2D eigenvalue weighted by Gasteiger charge is 2.17. The molecule has 0 fully saturated rings. The van der Waals surface area contributed by atoms with Crippen LogP contribution in [0, 0.1) is 0 Å². The van der Waals surface area contributed by atoms with Crippen molar-refractivity contribution in [2.24, 2.45) is 0 Å². The van der Waals surface area contributed by atoms with Gasteiger partial charge >= 0.3 is 5.97 Å². The molecule has 5 nitrogen and oxygen atoms in total. The zero-order valence-corrected chi connectivity index (χ0v) is 12.3. The molecule has 0 spiro atoms. The Hall–Kier alpha value is -2.34. The molecule has 2 aromatic carbocycles. The van der Waals surface area contributed by atoms with E-state index in [1.807, 2.05) is 6.07 Å². The fourth-order valence-electron chi connectivity index (χ4n) is 1.91. The first-order valence-electron chi connectivity index (χ1n) is 6.16. The third kappa shape index (κ3) is 3.05. The largest absolute Gasteiger partial charge is 0.482 e. The smallest absolute Gasteiger partial charge is 0.343 e. The van der Waals surface area contributed by atoms with Crippen molar-refractivity contribution in [2.45, 2.75) is 0 Å². The minimum Gasteiger partial charge on any atom is -0.482 e. The minimum absolute atomic E-state index is 0.00975. The van der Waals surface area contributed by atoms with Gasteiger partial charge in [-0.3, -0.25) is 4.79 Å². The van der Waals surface area contributed by atoms with Crippen LogP contribution in [0.25, 0.3) is 0 Å². The SMILES string of the molecule is O=C1COc2ccc(OC(=O)c3cccc(Br)c3)cc2N1. The van der Waals surface area contributed by atoms with Gasteiger partial charge in [0.2, 0.25) is 0 Å². The van der Waals surface area contributed by atoms with Crippen molar-refractivity contribution in [3.63, 3.8) is 0 Å². The van der Waals surface area contributed by atoms with Gasteiger partial charge in [-0.25, -0.2) is 4.79 Å². The predicted molar refractivity (Wildman–Crippen MR) is 79.7 cm³/mol. The van der Waals surface area contributed by atoms with Gasteiger partial charge in [0, 0.05) is 10.5 Å². The normalized spacial score (nSPS) is 12.9. The molecule has 1 N–H and O–H groups in total. The first-order chi connectivity index (χ1) is 10.1. The van der Waals surface area contributed by atoms with E-state index in [4.69, 9.17) is 9.47 Å². The molecule has 3 rings (SSSR count). The van der Waals surface area contributed by atoms with Crippen LogP contribution in [0.15, 0.2) is 46.9 Å². The molecule has 0 saturated carbocycles. The summed E-state index contributed by atoms with van der Waals surface area (Å²) in [6, 6.07) is 11.7. The minimum atomic E-state index is -0.473. The first-order valence-corrected chi connectivity index (χ1v) is 6.95. The summed E-state index contributed by atoms with van der Waals surface area (Å²) in [5.74, 6) is 0.179. The maximum absolute atomic E-state index is 12.0. The quantitative estimate of drug-likeness (QED) is 0.669. The van der Waals surface area contributed by atoms with Gasteiger partial charge < -0.3 is 14.8 Å². The highest BCUT2D eigenvalue weighted by atomic mass is 79.9. The summed E-state index contributed by atoms with van der Waals surface area (Å²) >= 11 is 3.30. The van der Waals surface area contributed by atoms with Crippen LogP contribution in [0.3, 0.4) is 0 Å². The molecule has 0 radical (unpaired) electrons. The maximum Gasteiger partial charge on any atom is 0.343 e. The molecule has 106 valence electrons. The van der Waals surface area contributed by atoms with E-state index in [0.29, 0.717) is 22.7 Å². The van der Waals surface area contributed by atoms with E-state index in [0.717, 1.165) is 4.47 Å². The Kier molecular flexibility index (Phi) is 3.62. The van der Waals surface area contributed by atoms with Gasteiger partial charge in [0.05, 0.1) is 11.3 Å². The van der Waals surface area contributed by atoms with Gasteiger partial charge in [0.25, 0.3) is 5.91 Å². The van der Waals surface area contributed by atoms with Gasteiger partial charge in [-0.2, -0.15) is 0 Å². The number of anilines is 1. The van der Waals surface area contributed by atoms with Crippen molar-refractivity contribution in [2.75, 3.05) is 11.9 Å². The van der Waals surface area contributed by atoms with Crippen LogP contribution in [0.1, 0.15) is 10.4 Å². The second kappa shape index (κ2) is 5.57.